The first-order chi connectivity index (χ1) is 7.63. The monoisotopic (exact) mass is 240 g/mol. The van der Waals surface area contributed by atoms with E-state index < -0.39 is 0 Å². The van der Waals surface area contributed by atoms with Crippen LogP contribution in [0.4, 0.5) is 5.00 Å². The molecule has 1 rings (SSSR count). The topological polar surface area (TPSA) is 54.3 Å². The predicted octanol–water partition coefficient (Wildman–Crippen LogP) is 2.73. The highest BCUT2D eigenvalue weighted by molar-refractivity contribution is 7.17. The van der Waals surface area contributed by atoms with Crippen molar-refractivity contribution >= 4 is 16.3 Å². The summed E-state index contributed by atoms with van der Waals surface area (Å²) < 4.78 is 11.0. The van der Waals surface area contributed by atoms with Gasteiger partial charge in [0, 0.05) is 19.2 Å². The molecule has 0 aromatic carbocycles. The molecule has 0 saturated heterocycles. The zero-order chi connectivity index (χ0) is 12.1. The molecule has 4 nitrogen and oxygen atoms in total. The number of hydrogen-bond donors (Lipinski definition) is 1. The van der Waals surface area contributed by atoms with Gasteiger partial charge in [-0.15, -0.1) is 11.3 Å². The minimum atomic E-state index is -0.308. The second-order valence-electron chi connectivity index (χ2n) is 3.22. The summed E-state index contributed by atoms with van der Waals surface area (Å²) >= 11 is 1.39. The Balaban J connectivity index is 2.94. The van der Waals surface area contributed by atoms with Crippen molar-refractivity contribution in [3.8, 4) is 11.8 Å². The molecule has 1 unspecified atom stereocenters. The zero-order valence-electron chi connectivity index (χ0n) is 9.96. The van der Waals surface area contributed by atoms with Crippen molar-refractivity contribution in [1.29, 1.82) is 5.26 Å². The molecule has 1 aromatic heterocycles. The maximum absolute atomic E-state index is 8.94. The van der Waals surface area contributed by atoms with Gasteiger partial charge in [0.05, 0.1) is 0 Å². The predicted molar refractivity (Wildman–Crippen MR) is 65.0 cm³/mol. The third kappa shape index (κ3) is 2.65. The van der Waals surface area contributed by atoms with Gasteiger partial charge in [0.1, 0.15) is 15.9 Å². The van der Waals surface area contributed by atoms with E-state index in [4.69, 9.17) is 14.7 Å². The smallest absolute Gasteiger partial charge is 0.197 e. The number of thiophene rings is 1. The SMILES string of the molecule is CCOC(C)Oc1c(NC)sc(C#N)c1C. The van der Waals surface area contributed by atoms with E-state index in [0.29, 0.717) is 17.2 Å². The Morgan fingerprint density at radius 1 is 1.56 bits per heavy atom. The number of ether oxygens (including phenoxy) is 2. The molecule has 0 aliphatic carbocycles. The maximum atomic E-state index is 8.94. The second-order valence-corrected chi connectivity index (χ2v) is 4.24. The first-order valence-corrected chi connectivity index (χ1v) is 5.95. The molecule has 0 aliphatic heterocycles. The molecule has 0 fully saturated rings. The van der Waals surface area contributed by atoms with Crippen molar-refractivity contribution in [1.82, 2.24) is 0 Å². The normalized spacial score (nSPS) is 11.9. The van der Waals surface area contributed by atoms with Crippen LogP contribution in [0.1, 0.15) is 24.3 Å². The summed E-state index contributed by atoms with van der Waals surface area (Å²) in [7, 11) is 1.81. The largest absolute Gasteiger partial charge is 0.462 e. The van der Waals surface area contributed by atoms with E-state index in [1.54, 1.807) is 0 Å². The molecule has 0 bridgehead atoms. The van der Waals surface area contributed by atoms with Gasteiger partial charge in [-0.1, -0.05) is 0 Å². The lowest BCUT2D eigenvalue weighted by atomic mass is 10.3. The minimum absolute atomic E-state index is 0.308. The second kappa shape index (κ2) is 5.73. The molecule has 88 valence electrons. The van der Waals surface area contributed by atoms with Gasteiger partial charge in [0.15, 0.2) is 12.0 Å². The van der Waals surface area contributed by atoms with Crippen LogP contribution < -0.4 is 10.1 Å². The highest BCUT2D eigenvalue weighted by Crippen LogP contribution is 2.39. The van der Waals surface area contributed by atoms with Crippen LogP contribution in [0.2, 0.25) is 0 Å². The Morgan fingerprint density at radius 3 is 2.75 bits per heavy atom. The average Bonchev–Trinajstić information content (AvgIpc) is 2.56. The Hall–Kier alpha value is -1.25. The first-order valence-electron chi connectivity index (χ1n) is 5.13. The number of nitriles is 1. The van der Waals surface area contributed by atoms with Crippen molar-refractivity contribution in [2.75, 3.05) is 19.0 Å². The van der Waals surface area contributed by atoms with Crippen LogP contribution in [-0.2, 0) is 4.74 Å². The minimum Gasteiger partial charge on any atom is -0.462 e. The molecule has 5 heteroatoms. The molecule has 1 heterocycles. The highest BCUT2D eigenvalue weighted by atomic mass is 32.1. The van der Waals surface area contributed by atoms with Gasteiger partial charge < -0.3 is 14.8 Å². The number of rotatable bonds is 5. The summed E-state index contributed by atoms with van der Waals surface area (Å²) in [5.41, 5.74) is 0.864. The summed E-state index contributed by atoms with van der Waals surface area (Å²) in [5, 5.41) is 12.8. The molecule has 1 atom stereocenters. The lowest BCUT2D eigenvalue weighted by Gasteiger charge is -2.15. The van der Waals surface area contributed by atoms with Crippen molar-refractivity contribution in [2.24, 2.45) is 0 Å². The van der Waals surface area contributed by atoms with Crippen LogP contribution in [0, 0.1) is 18.3 Å². The van der Waals surface area contributed by atoms with Crippen molar-refractivity contribution in [3.63, 3.8) is 0 Å². The fourth-order valence-corrected chi connectivity index (χ4v) is 2.24. The zero-order valence-corrected chi connectivity index (χ0v) is 10.8. The van der Waals surface area contributed by atoms with Gasteiger partial charge in [0.25, 0.3) is 0 Å². The molecular weight excluding hydrogens is 224 g/mol. The third-order valence-corrected chi connectivity index (χ3v) is 3.30. The quantitative estimate of drug-likeness (QED) is 0.804. The van der Waals surface area contributed by atoms with Gasteiger partial charge in [-0.25, -0.2) is 0 Å². The Labute approximate surface area is 99.8 Å². The van der Waals surface area contributed by atoms with Crippen molar-refractivity contribution in [2.45, 2.75) is 27.1 Å². The number of nitrogens with one attached hydrogen (secondary N) is 1. The summed E-state index contributed by atoms with van der Waals surface area (Å²) in [6, 6.07) is 2.15. The lowest BCUT2D eigenvalue weighted by molar-refractivity contribution is -0.0610. The number of nitrogens with zero attached hydrogens (tertiary/aromatic N) is 1. The van der Waals surface area contributed by atoms with Crippen molar-refractivity contribution in [3.05, 3.63) is 10.4 Å². The fraction of sp³-hybridized carbons (Fsp3) is 0.545. The van der Waals surface area contributed by atoms with Crippen LogP contribution >= 0.6 is 11.3 Å². The molecule has 0 radical (unpaired) electrons. The van der Waals surface area contributed by atoms with E-state index >= 15 is 0 Å². The van der Waals surface area contributed by atoms with Gasteiger partial charge in [-0.3, -0.25) is 0 Å². The van der Waals surface area contributed by atoms with E-state index in [9.17, 15) is 0 Å². The third-order valence-electron chi connectivity index (χ3n) is 2.11. The van der Waals surface area contributed by atoms with Crippen LogP contribution in [0.5, 0.6) is 5.75 Å². The maximum Gasteiger partial charge on any atom is 0.197 e. The summed E-state index contributed by atoms with van der Waals surface area (Å²) in [4.78, 5) is 0.669. The van der Waals surface area contributed by atoms with Gasteiger partial charge in [-0.2, -0.15) is 5.26 Å². The lowest BCUT2D eigenvalue weighted by Crippen LogP contribution is -2.16. The van der Waals surface area contributed by atoms with Crippen LogP contribution in [-0.4, -0.2) is 19.9 Å². The average molecular weight is 240 g/mol. The molecule has 0 saturated carbocycles. The summed E-state index contributed by atoms with van der Waals surface area (Å²) in [6.45, 7) is 6.24. The van der Waals surface area contributed by atoms with E-state index in [0.717, 1.165) is 10.6 Å². The molecule has 1 aromatic rings. The molecular formula is C11H16N2O2S. The van der Waals surface area contributed by atoms with Crippen LogP contribution in [0.3, 0.4) is 0 Å². The summed E-state index contributed by atoms with van der Waals surface area (Å²) in [5.74, 6) is 0.713. The molecule has 16 heavy (non-hydrogen) atoms. The van der Waals surface area contributed by atoms with E-state index in [2.05, 4.69) is 11.4 Å². The number of anilines is 1. The van der Waals surface area contributed by atoms with Gasteiger partial charge in [0.2, 0.25) is 0 Å². The molecule has 0 aliphatic rings. The highest BCUT2D eigenvalue weighted by Gasteiger charge is 2.17. The van der Waals surface area contributed by atoms with E-state index in [1.807, 2.05) is 27.8 Å². The Bertz CT molecular complexity index is 395. The molecule has 1 N–H and O–H groups in total. The standard InChI is InChI=1S/C11H16N2O2S/c1-5-14-8(3)15-10-7(2)9(6-12)16-11(10)13-4/h8,13H,5H2,1-4H3. The van der Waals surface area contributed by atoms with Crippen LogP contribution in [0.15, 0.2) is 0 Å². The molecule has 0 spiro atoms. The van der Waals surface area contributed by atoms with E-state index in [1.165, 1.54) is 11.3 Å². The summed E-state index contributed by atoms with van der Waals surface area (Å²) in [6.07, 6.45) is -0.308. The van der Waals surface area contributed by atoms with Gasteiger partial charge >= 0.3 is 0 Å². The van der Waals surface area contributed by atoms with Crippen LogP contribution in [0.25, 0.3) is 0 Å². The Kier molecular flexibility index (Phi) is 4.59. The first kappa shape index (κ1) is 12.8. The van der Waals surface area contributed by atoms with E-state index in [-0.39, 0.29) is 6.29 Å². The fourth-order valence-electron chi connectivity index (χ4n) is 1.35. The van der Waals surface area contributed by atoms with Gasteiger partial charge in [-0.05, 0) is 20.8 Å². The Morgan fingerprint density at radius 2 is 2.25 bits per heavy atom. The molecule has 0 amide bonds. The van der Waals surface area contributed by atoms with Crippen molar-refractivity contribution < 1.29 is 9.47 Å². The number of hydrogen-bond acceptors (Lipinski definition) is 5.